The van der Waals surface area contributed by atoms with E-state index in [-0.39, 0.29) is 18.4 Å². The first-order chi connectivity index (χ1) is 7.56. The van der Waals surface area contributed by atoms with Crippen molar-refractivity contribution in [2.75, 3.05) is 33.3 Å². The second-order valence-corrected chi connectivity index (χ2v) is 4.29. The third-order valence-corrected chi connectivity index (χ3v) is 2.87. The van der Waals surface area contributed by atoms with Crippen molar-refractivity contribution in [2.45, 2.75) is 18.7 Å². The van der Waals surface area contributed by atoms with Crippen LogP contribution in [-0.2, 0) is 14.3 Å². The summed E-state index contributed by atoms with van der Waals surface area (Å²) in [5.74, 6) is -0.308. The minimum absolute atomic E-state index is 0.0366. The summed E-state index contributed by atoms with van der Waals surface area (Å²) in [5, 5.41) is 2.91. The van der Waals surface area contributed by atoms with Gasteiger partial charge in [0.1, 0.15) is 4.83 Å². The van der Waals surface area contributed by atoms with E-state index in [0.29, 0.717) is 19.6 Å². The smallest absolute Gasteiger partial charge is 0.320 e. The lowest BCUT2D eigenvalue weighted by atomic mass is 10.4. The largest absolute Gasteiger partial charge is 0.468 e. The Kier molecular flexibility index (Phi) is 8.19. The number of nitrogens with zero attached hydrogens (tertiary/aromatic N) is 1. The van der Waals surface area contributed by atoms with Crippen LogP contribution in [0, 0.1) is 0 Å². The van der Waals surface area contributed by atoms with Crippen molar-refractivity contribution in [1.29, 1.82) is 0 Å². The summed E-state index contributed by atoms with van der Waals surface area (Å²) in [4.78, 5) is 23.9. The highest BCUT2D eigenvalue weighted by Gasteiger charge is 2.15. The molecule has 6 heteroatoms. The summed E-state index contributed by atoms with van der Waals surface area (Å²) in [5.41, 5.74) is 0. The van der Waals surface area contributed by atoms with Gasteiger partial charge in [-0.05, 0) is 13.8 Å². The van der Waals surface area contributed by atoms with Crippen LogP contribution in [0.1, 0.15) is 13.8 Å². The number of hydrogen-bond acceptors (Lipinski definition) is 4. The van der Waals surface area contributed by atoms with Gasteiger partial charge in [-0.1, -0.05) is 15.9 Å². The molecule has 1 unspecified atom stereocenters. The van der Waals surface area contributed by atoms with E-state index in [9.17, 15) is 9.59 Å². The van der Waals surface area contributed by atoms with Crippen LogP contribution in [0.25, 0.3) is 0 Å². The van der Waals surface area contributed by atoms with Gasteiger partial charge in [0.2, 0.25) is 5.91 Å². The SMILES string of the molecule is CCN(CC)C(=O)CNCC(Br)C(=O)OC. The molecule has 0 aliphatic rings. The van der Waals surface area contributed by atoms with E-state index in [0.717, 1.165) is 0 Å². The summed E-state index contributed by atoms with van der Waals surface area (Å²) in [6.07, 6.45) is 0. The van der Waals surface area contributed by atoms with E-state index in [1.54, 1.807) is 4.90 Å². The van der Waals surface area contributed by atoms with Crippen molar-refractivity contribution < 1.29 is 14.3 Å². The average Bonchev–Trinajstić information content (AvgIpc) is 2.29. The molecule has 0 fully saturated rings. The Bertz CT molecular complexity index is 232. The molecule has 1 atom stereocenters. The molecule has 0 bridgehead atoms. The number of halogens is 1. The molecule has 5 nitrogen and oxygen atoms in total. The van der Waals surface area contributed by atoms with Gasteiger partial charge in [0.15, 0.2) is 0 Å². The minimum atomic E-state index is -0.415. The van der Waals surface area contributed by atoms with E-state index in [2.05, 4.69) is 26.0 Å². The summed E-state index contributed by atoms with van der Waals surface area (Å²) >= 11 is 3.16. The van der Waals surface area contributed by atoms with Crippen LogP contribution in [0.5, 0.6) is 0 Å². The van der Waals surface area contributed by atoms with E-state index in [1.807, 2.05) is 13.8 Å². The number of amides is 1. The Morgan fingerprint density at radius 3 is 2.38 bits per heavy atom. The van der Waals surface area contributed by atoms with Gasteiger partial charge >= 0.3 is 5.97 Å². The van der Waals surface area contributed by atoms with Crippen molar-refractivity contribution >= 4 is 27.8 Å². The first kappa shape index (κ1) is 15.4. The fourth-order valence-electron chi connectivity index (χ4n) is 1.21. The number of methoxy groups -OCH3 is 1. The molecule has 0 aromatic carbocycles. The fraction of sp³-hybridized carbons (Fsp3) is 0.800. The van der Waals surface area contributed by atoms with E-state index in [4.69, 9.17) is 0 Å². The molecule has 0 heterocycles. The van der Waals surface area contributed by atoms with Crippen molar-refractivity contribution in [3.63, 3.8) is 0 Å². The summed E-state index contributed by atoms with van der Waals surface area (Å²) in [6, 6.07) is 0. The number of esters is 1. The zero-order valence-electron chi connectivity index (χ0n) is 9.96. The molecule has 1 amide bonds. The maximum absolute atomic E-state index is 11.6. The third kappa shape index (κ3) is 5.46. The standard InChI is InChI=1S/C10H19BrN2O3/c1-4-13(5-2)9(14)7-12-6-8(11)10(15)16-3/h8,12H,4-7H2,1-3H3. The van der Waals surface area contributed by atoms with Gasteiger partial charge in [0.25, 0.3) is 0 Å². The maximum Gasteiger partial charge on any atom is 0.320 e. The van der Waals surface area contributed by atoms with Crippen molar-refractivity contribution in [3.05, 3.63) is 0 Å². The van der Waals surface area contributed by atoms with Crippen LogP contribution >= 0.6 is 15.9 Å². The Morgan fingerprint density at radius 1 is 1.38 bits per heavy atom. The zero-order valence-corrected chi connectivity index (χ0v) is 11.5. The predicted octanol–water partition coefficient (Wildman–Crippen LogP) is 0.381. The van der Waals surface area contributed by atoms with Gasteiger partial charge in [-0.2, -0.15) is 0 Å². The molecular weight excluding hydrogens is 276 g/mol. The molecule has 0 aromatic rings. The molecule has 0 rings (SSSR count). The Balaban J connectivity index is 3.81. The van der Waals surface area contributed by atoms with E-state index in [1.165, 1.54) is 7.11 Å². The lowest BCUT2D eigenvalue weighted by Gasteiger charge is -2.19. The fourth-order valence-corrected chi connectivity index (χ4v) is 1.62. The van der Waals surface area contributed by atoms with E-state index >= 15 is 0 Å². The number of ether oxygens (including phenoxy) is 1. The molecular formula is C10H19BrN2O3. The summed E-state index contributed by atoms with van der Waals surface area (Å²) < 4.78 is 4.54. The highest BCUT2D eigenvalue weighted by Crippen LogP contribution is 1.99. The Hall–Kier alpha value is -0.620. The van der Waals surface area contributed by atoms with Gasteiger partial charge in [-0.3, -0.25) is 9.59 Å². The monoisotopic (exact) mass is 294 g/mol. The predicted molar refractivity (Wildman–Crippen MR) is 65.5 cm³/mol. The van der Waals surface area contributed by atoms with E-state index < -0.39 is 4.83 Å². The summed E-state index contributed by atoms with van der Waals surface area (Å²) in [6.45, 7) is 5.88. The molecule has 0 aliphatic carbocycles. The van der Waals surface area contributed by atoms with Gasteiger partial charge in [0.05, 0.1) is 13.7 Å². The molecule has 0 aliphatic heterocycles. The van der Waals surface area contributed by atoms with Gasteiger partial charge in [-0.15, -0.1) is 0 Å². The molecule has 0 radical (unpaired) electrons. The second kappa shape index (κ2) is 8.52. The van der Waals surface area contributed by atoms with Crippen LogP contribution in [0.4, 0.5) is 0 Å². The lowest BCUT2D eigenvalue weighted by molar-refractivity contribution is -0.140. The van der Waals surface area contributed by atoms with Crippen molar-refractivity contribution in [2.24, 2.45) is 0 Å². The number of likely N-dealkylation sites (N-methyl/N-ethyl adjacent to an activating group) is 1. The Morgan fingerprint density at radius 2 is 1.94 bits per heavy atom. The zero-order chi connectivity index (χ0) is 12.6. The highest BCUT2D eigenvalue weighted by molar-refractivity contribution is 9.10. The lowest BCUT2D eigenvalue weighted by Crippen LogP contribution is -2.40. The van der Waals surface area contributed by atoms with Crippen molar-refractivity contribution in [3.8, 4) is 0 Å². The number of carbonyl (C=O) groups excluding carboxylic acids is 2. The van der Waals surface area contributed by atoms with Crippen LogP contribution in [-0.4, -0.2) is 54.9 Å². The number of carbonyl (C=O) groups is 2. The summed E-state index contributed by atoms with van der Waals surface area (Å²) in [7, 11) is 1.33. The van der Waals surface area contributed by atoms with Gasteiger partial charge in [-0.25, -0.2) is 0 Å². The number of rotatable bonds is 7. The van der Waals surface area contributed by atoms with Gasteiger partial charge in [0, 0.05) is 19.6 Å². The molecule has 0 saturated heterocycles. The number of alkyl halides is 1. The molecule has 0 spiro atoms. The molecule has 0 aromatic heterocycles. The quantitative estimate of drug-likeness (QED) is 0.545. The first-order valence-electron chi connectivity index (χ1n) is 5.27. The van der Waals surface area contributed by atoms with Crippen LogP contribution in [0.2, 0.25) is 0 Å². The molecule has 16 heavy (non-hydrogen) atoms. The molecule has 94 valence electrons. The Labute approximate surface area is 105 Å². The topological polar surface area (TPSA) is 58.6 Å². The first-order valence-corrected chi connectivity index (χ1v) is 6.18. The van der Waals surface area contributed by atoms with Crippen LogP contribution < -0.4 is 5.32 Å². The minimum Gasteiger partial charge on any atom is -0.468 e. The average molecular weight is 295 g/mol. The number of nitrogens with one attached hydrogen (secondary N) is 1. The normalized spacial score (nSPS) is 12.0. The van der Waals surface area contributed by atoms with Crippen LogP contribution in [0.3, 0.4) is 0 Å². The highest BCUT2D eigenvalue weighted by atomic mass is 79.9. The third-order valence-electron chi connectivity index (χ3n) is 2.17. The molecule has 0 saturated carbocycles. The van der Waals surface area contributed by atoms with Crippen molar-refractivity contribution in [1.82, 2.24) is 10.2 Å². The second-order valence-electron chi connectivity index (χ2n) is 3.19. The van der Waals surface area contributed by atoms with Crippen LogP contribution in [0.15, 0.2) is 0 Å². The molecule has 1 N–H and O–H groups in total. The number of hydrogen-bond donors (Lipinski definition) is 1. The maximum atomic E-state index is 11.6. The van der Waals surface area contributed by atoms with Gasteiger partial charge < -0.3 is 15.0 Å².